The van der Waals surface area contributed by atoms with Crippen molar-refractivity contribution in [2.45, 2.75) is 24.3 Å². The second-order valence-corrected chi connectivity index (χ2v) is 6.07. The summed E-state index contributed by atoms with van der Waals surface area (Å²) < 4.78 is 15.0. The van der Waals surface area contributed by atoms with E-state index in [2.05, 4.69) is 15.5 Å². The molecule has 10 heteroatoms. The van der Waals surface area contributed by atoms with Crippen molar-refractivity contribution >= 4 is 29.0 Å². The highest BCUT2D eigenvalue weighted by Gasteiger charge is 2.20. The number of hydrogen-bond acceptors (Lipinski definition) is 6. The first kappa shape index (κ1) is 16.9. The lowest BCUT2D eigenvalue weighted by molar-refractivity contribution is -0.387. The van der Waals surface area contributed by atoms with E-state index < -0.39 is 21.7 Å². The number of thioether (sulfide) groups is 1. The summed E-state index contributed by atoms with van der Waals surface area (Å²) in [4.78, 5) is 22.0. The van der Waals surface area contributed by atoms with Gasteiger partial charge in [0, 0.05) is 18.8 Å². The fourth-order valence-corrected chi connectivity index (χ4v) is 2.54. The van der Waals surface area contributed by atoms with Crippen molar-refractivity contribution in [2.24, 2.45) is 7.05 Å². The third-order valence-corrected chi connectivity index (χ3v) is 4.25. The number of aromatic nitrogens is 3. The number of anilines is 1. The van der Waals surface area contributed by atoms with Gasteiger partial charge in [0.15, 0.2) is 5.16 Å². The van der Waals surface area contributed by atoms with Gasteiger partial charge in [-0.2, -0.15) is 4.39 Å². The van der Waals surface area contributed by atoms with Gasteiger partial charge in [-0.15, -0.1) is 10.2 Å². The van der Waals surface area contributed by atoms with Crippen LogP contribution in [0.15, 0.2) is 23.4 Å². The van der Waals surface area contributed by atoms with Gasteiger partial charge in [0.25, 0.3) is 0 Å². The van der Waals surface area contributed by atoms with E-state index in [0.29, 0.717) is 11.0 Å². The first-order chi connectivity index (χ1) is 10.8. The lowest BCUT2D eigenvalue weighted by Crippen LogP contribution is -2.23. The molecule has 0 aliphatic carbocycles. The van der Waals surface area contributed by atoms with Crippen LogP contribution in [0.1, 0.15) is 12.7 Å². The fourth-order valence-electron chi connectivity index (χ4n) is 1.68. The molecular formula is C13H14FN5O3S. The standard InChI is InChI=1S/C13H14FN5O3S/c1-7(23-13-17-16-8(2)18(13)3)12(20)15-9-4-5-10(14)11(6-9)19(21)22/h4-7H,1-3H3,(H,15,20)/t7-/m1/s1. The molecule has 1 atom stereocenters. The van der Waals surface area contributed by atoms with Crippen LogP contribution in [0, 0.1) is 22.9 Å². The van der Waals surface area contributed by atoms with Gasteiger partial charge in [0.2, 0.25) is 11.7 Å². The van der Waals surface area contributed by atoms with Crippen LogP contribution >= 0.6 is 11.8 Å². The Labute approximate surface area is 135 Å². The first-order valence-corrected chi connectivity index (χ1v) is 7.45. The van der Waals surface area contributed by atoms with E-state index in [-0.39, 0.29) is 11.6 Å². The zero-order valence-corrected chi connectivity index (χ0v) is 13.4. The number of rotatable bonds is 5. The largest absolute Gasteiger partial charge is 0.325 e. The number of carbonyl (C=O) groups is 1. The van der Waals surface area contributed by atoms with Gasteiger partial charge in [-0.3, -0.25) is 14.9 Å². The Balaban J connectivity index is 2.08. The fraction of sp³-hybridized carbons (Fsp3) is 0.308. The summed E-state index contributed by atoms with van der Waals surface area (Å²) in [6.45, 7) is 3.46. The molecule has 1 heterocycles. The highest BCUT2D eigenvalue weighted by Crippen LogP contribution is 2.25. The molecule has 0 aliphatic rings. The van der Waals surface area contributed by atoms with E-state index in [1.54, 1.807) is 25.5 Å². The Bertz CT molecular complexity index is 764. The molecule has 1 aromatic heterocycles. The van der Waals surface area contributed by atoms with Crippen LogP contribution < -0.4 is 5.32 Å². The average molecular weight is 339 g/mol. The summed E-state index contributed by atoms with van der Waals surface area (Å²) in [5.74, 6) is -0.615. The number of nitrogens with one attached hydrogen (secondary N) is 1. The Kier molecular flexibility index (Phi) is 4.94. The van der Waals surface area contributed by atoms with Crippen molar-refractivity contribution in [2.75, 3.05) is 5.32 Å². The summed E-state index contributed by atoms with van der Waals surface area (Å²) >= 11 is 1.20. The molecule has 0 spiro atoms. The van der Waals surface area contributed by atoms with Crippen LogP contribution in [-0.4, -0.2) is 30.8 Å². The van der Waals surface area contributed by atoms with Crippen molar-refractivity contribution in [3.05, 3.63) is 40.0 Å². The quantitative estimate of drug-likeness (QED) is 0.509. The number of aryl methyl sites for hydroxylation is 1. The topological polar surface area (TPSA) is 103 Å². The number of amides is 1. The van der Waals surface area contributed by atoms with Crippen molar-refractivity contribution in [3.63, 3.8) is 0 Å². The van der Waals surface area contributed by atoms with Crippen molar-refractivity contribution in [3.8, 4) is 0 Å². The van der Waals surface area contributed by atoms with E-state index >= 15 is 0 Å². The molecule has 0 bridgehead atoms. The van der Waals surface area contributed by atoms with Gasteiger partial charge < -0.3 is 9.88 Å². The van der Waals surface area contributed by atoms with Crippen LogP contribution in [-0.2, 0) is 11.8 Å². The summed E-state index contributed by atoms with van der Waals surface area (Å²) in [7, 11) is 1.78. The molecule has 23 heavy (non-hydrogen) atoms. The lowest BCUT2D eigenvalue weighted by Gasteiger charge is -2.11. The Morgan fingerprint density at radius 1 is 1.48 bits per heavy atom. The number of hydrogen-bond donors (Lipinski definition) is 1. The predicted octanol–water partition coefficient (Wildman–Crippen LogP) is 2.29. The summed E-state index contributed by atoms with van der Waals surface area (Å²) in [5.41, 5.74) is -0.531. The van der Waals surface area contributed by atoms with Gasteiger partial charge in [-0.1, -0.05) is 11.8 Å². The number of nitro groups is 1. The van der Waals surface area contributed by atoms with Crippen LogP contribution in [0.25, 0.3) is 0 Å². The average Bonchev–Trinajstić information content (AvgIpc) is 2.80. The SMILES string of the molecule is Cc1nnc(S[C@H](C)C(=O)Nc2ccc(F)c([N+](=O)[O-])c2)n1C. The van der Waals surface area contributed by atoms with Crippen molar-refractivity contribution in [1.29, 1.82) is 0 Å². The normalized spacial score (nSPS) is 12.0. The molecule has 0 radical (unpaired) electrons. The maximum absolute atomic E-state index is 13.3. The smallest absolute Gasteiger partial charge is 0.306 e. The number of nitrogens with zero attached hydrogens (tertiary/aromatic N) is 4. The highest BCUT2D eigenvalue weighted by molar-refractivity contribution is 8.00. The molecule has 0 fully saturated rings. The van der Waals surface area contributed by atoms with Crippen molar-refractivity contribution in [1.82, 2.24) is 14.8 Å². The lowest BCUT2D eigenvalue weighted by atomic mass is 10.2. The van der Waals surface area contributed by atoms with E-state index in [4.69, 9.17) is 0 Å². The molecular weight excluding hydrogens is 325 g/mol. The van der Waals surface area contributed by atoms with Crippen LogP contribution in [0.4, 0.5) is 15.8 Å². The van der Waals surface area contributed by atoms with E-state index in [1.165, 1.54) is 17.8 Å². The molecule has 0 unspecified atom stereocenters. The zero-order valence-electron chi connectivity index (χ0n) is 12.6. The third-order valence-electron chi connectivity index (χ3n) is 3.11. The molecule has 1 N–H and O–H groups in total. The van der Waals surface area contributed by atoms with E-state index in [0.717, 1.165) is 12.1 Å². The summed E-state index contributed by atoms with van der Waals surface area (Å²) in [6.07, 6.45) is 0. The minimum Gasteiger partial charge on any atom is -0.325 e. The zero-order chi connectivity index (χ0) is 17.1. The second-order valence-electron chi connectivity index (χ2n) is 4.76. The van der Waals surface area contributed by atoms with Gasteiger partial charge in [0.05, 0.1) is 10.2 Å². The van der Waals surface area contributed by atoms with Crippen LogP contribution in [0.3, 0.4) is 0 Å². The van der Waals surface area contributed by atoms with Gasteiger partial charge in [-0.25, -0.2) is 0 Å². The monoisotopic (exact) mass is 339 g/mol. The minimum absolute atomic E-state index is 0.157. The minimum atomic E-state index is -0.954. The van der Waals surface area contributed by atoms with E-state index in [1.807, 2.05) is 0 Å². The Morgan fingerprint density at radius 3 is 2.74 bits per heavy atom. The molecule has 8 nitrogen and oxygen atoms in total. The molecule has 0 saturated carbocycles. The van der Waals surface area contributed by atoms with E-state index in [9.17, 15) is 19.3 Å². The molecule has 122 valence electrons. The maximum Gasteiger partial charge on any atom is 0.306 e. The second kappa shape index (κ2) is 6.73. The predicted molar refractivity (Wildman–Crippen MR) is 82.7 cm³/mol. The Hall–Kier alpha value is -2.49. The van der Waals surface area contributed by atoms with Crippen LogP contribution in [0.5, 0.6) is 0 Å². The molecule has 0 saturated heterocycles. The highest BCUT2D eigenvalue weighted by atomic mass is 32.2. The molecule has 1 amide bonds. The number of nitro benzene ring substituents is 1. The first-order valence-electron chi connectivity index (χ1n) is 6.57. The van der Waals surface area contributed by atoms with Gasteiger partial charge in [-0.05, 0) is 26.0 Å². The summed E-state index contributed by atoms with van der Waals surface area (Å²) in [6, 6.07) is 3.19. The van der Waals surface area contributed by atoms with Gasteiger partial charge in [0.1, 0.15) is 5.82 Å². The summed E-state index contributed by atoms with van der Waals surface area (Å²) in [5, 5.41) is 21.1. The number of carbonyl (C=O) groups excluding carboxylic acids is 1. The van der Waals surface area contributed by atoms with Crippen LogP contribution in [0.2, 0.25) is 0 Å². The number of halogens is 1. The van der Waals surface area contributed by atoms with Gasteiger partial charge >= 0.3 is 5.69 Å². The molecule has 2 rings (SSSR count). The Morgan fingerprint density at radius 2 is 2.17 bits per heavy atom. The molecule has 0 aliphatic heterocycles. The third kappa shape index (κ3) is 3.83. The molecule has 2 aromatic rings. The molecule has 1 aromatic carbocycles. The maximum atomic E-state index is 13.3. The number of benzene rings is 1. The van der Waals surface area contributed by atoms with Crippen molar-refractivity contribution < 1.29 is 14.1 Å².